The largest absolute Gasteiger partial charge is 0.465 e. The van der Waals surface area contributed by atoms with Crippen LogP contribution in [0, 0.1) is 6.92 Å². The van der Waals surface area contributed by atoms with Crippen LogP contribution >= 0.6 is 0 Å². The van der Waals surface area contributed by atoms with E-state index in [0.717, 1.165) is 24.0 Å². The first-order chi connectivity index (χ1) is 7.29. The van der Waals surface area contributed by atoms with Crippen molar-refractivity contribution < 1.29 is 4.42 Å². The second-order valence-electron chi connectivity index (χ2n) is 3.40. The molecule has 0 radical (unpaired) electrons. The smallest absolute Gasteiger partial charge is 0.203 e. The van der Waals surface area contributed by atoms with E-state index >= 15 is 0 Å². The molecule has 4 heteroatoms. The Morgan fingerprint density at radius 3 is 3.00 bits per heavy atom. The molecular formula is C11H15N3O. The quantitative estimate of drug-likeness (QED) is 0.833. The van der Waals surface area contributed by atoms with Crippen LogP contribution in [-0.2, 0) is 13.1 Å². The fourth-order valence-corrected chi connectivity index (χ4v) is 1.48. The van der Waals surface area contributed by atoms with Crippen molar-refractivity contribution in [3.8, 4) is 0 Å². The van der Waals surface area contributed by atoms with E-state index in [-0.39, 0.29) is 0 Å². The number of imidazole rings is 1. The van der Waals surface area contributed by atoms with Gasteiger partial charge in [-0.15, -0.1) is 0 Å². The van der Waals surface area contributed by atoms with Crippen LogP contribution in [0.1, 0.15) is 18.4 Å². The molecule has 1 N–H and O–H groups in total. The number of nitrogens with zero attached hydrogens (tertiary/aromatic N) is 2. The Bertz CT molecular complexity index is 430. The summed E-state index contributed by atoms with van der Waals surface area (Å²) in [6, 6.07) is 3.94. The zero-order chi connectivity index (χ0) is 10.7. The average Bonchev–Trinajstić information content (AvgIpc) is 2.83. The number of hydrogen-bond acceptors (Lipinski definition) is 3. The molecular weight excluding hydrogens is 190 g/mol. The minimum absolute atomic E-state index is 0.671. The van der Waals surface area contributed by atoms with E-state index in [4.69, 9.17) is 4.42 Å². The Hall–Kier alpha value is -1.71. The van der Waals surface area contributed by atoms with Gasteiger partial charge in [-0.1, -0.05) is 0 Å². The molecule has 0 saturated heterocycles. The molecule has 0 fully saturated rings. The second-order valence-corrected chi connectivity index (χ2v) is 3.40. The van der Waals surface area contributed by atoms with Crippen molar-refractivity contribution in [3.63, 3.8) is 0 Å². The minimum Gasteiger partial charge on any atom is -0.465 e. The Morgan fingerprint density at radius 1 is 1.47 bits per heavy atom. The molecule has 0 saturated carbocycles. The maximum atomic E-state index is 5.46. The summed E-state index contributed by atoms with van der Waals surface area (Å²) in [5.74, 6) is 2.75. The van der Waals surface area contributed by atoms with E-state index < -0.39 is 0 Å². The lowest BCUT2D eigenvalue weighted by Gasteiger charge is -2.05. The van der Waals surface area contributed by atoms with E-state index in [1.807, 2.05) is 25.3 Å². The van der Waals surface area contributed by atoms with Gasteiger partial charge in [0, 0.05) is 18.9 Å². The molecule has 2 aromatic heterocycles. The van der Waals surface area contributed by atoms with Crippen molar-refractivity contribution in [3.05, 3.63) is 36.0 Å². The Balaban J connectivity index is 1.98. The molecule has 80 valence electrons. The van der Waals surface area contributed by atoms with Crippen molar-refractivity contribution in [2.75, 3.05) is 5.32 Å². The summed E-state index contributed by atoms with van der Waals surface area (Å²) >= 11 is 0. The van der Waals surface area contributed by atoms with Gasteiger partial charge in [0.05, 0.1) is 6.54 Å². The third kappa shape index (κ3) is 2.21. The monoisotopic (exact) mass is 205 g/mol. The van der Waals surface area contributed by atoms with Crippen molar-refractivity contribution in [2.45, 2.75) is 26.9 Å². The minimum atomic E-state index is 0.671. The second kappa shape index (κ2) is 4.21. The van der Waals surface area contributed by atoms with Gasteiger partial charge >= 0.3 is 0 Å². The standard InChI is InChI=1S/C11H15N3O/c1-3-14-7-6-12-11(14)13-8-10-5-4-9(2)15-10/h4-7H,3,8H2,1-2H3,(H,12,13). The molecule has 2 aromatic rings. The average molecular weight is 205 g/mol. The molecule has 0 atom stereocenters. The highest BCUT2D eigenvalue weighted by Crippen LogP contribution is 2.09. The third-order valence-corrected chi connectivity index (χ3v) is 2.27. The van der Waals surface area contributed by atoms with Crippen LogP contribution in [0.15, 0.2) is 28.9 Å². The summed E-state index contributed by atoms with van der Waals surface area (Å²) in [7, 11) is 0. The van der Waals surface area contributed by atoms with Crippen LogP contribution < -0.4 is 5.32 Å². The van der Waals surface area contributed by atoms with E-state index in [0.29, 0.717) is 6.54 Å². The van der Waals surface area contributed by atoms with E-state index in [9.17, 15) is 0 Å². The molecule has 0 amide bonds. The van der Waals surface area contributed by atoms with Gasteiger partial charge in [0.1, 0.15) is 11.5 Å². The predicted octanol–water partition coefficient (Wildman–Crippen LogP) is 2.42. The maximum absolute atomic E-state index is 5.46. The lowest BCUT2D eigenvalue weighted by molar-refractivity contribution is 0.489. The summed E-state index contributed by atoms with van der Waals surface area (Å²) in [5.41, 5.74) is 0. The molecule has 2 rings (SSSR count). The Morgan fingerprint density at radius 2 is 2.33 bits per heavy atom. The highest BCUT2D eigenvalue weighted by atomic mass is 16.3. The first-order valence-electron chi connectivity index (χ1n) is 5.10. The lowest BCUT2D eigenvalue weighted by atomic mass is 10.4. The fourth-order valence-electron chi connectivity index (χ4n) is 1.48. The fraction of sp³-hybridized carbons (Fsp3) is 0.364. The Kier molecular flexibility index (Phi) is 2.76. The molecule has 15 heavy (non-hydrogen) atoms. The molecule has 0 unspecified atom stereocenters. The maximum Gasteiger partial charge on any atom is 0.203 e. The van der Waals surface area contributed by atoms with E-state index in [1.54, 1.807) is 6.20 Å². The number of hydrogen-bond donors (Lipinski definition) is 1. The molecule has 0 bridgehead atoms. The van der Waals surface area contributed by atoms with Crippen LogP contribution in [0.3, 0.4) is 0 Å². The van der Waals surface area contributed by atoms with Gasteiger partial charge in [-0.3, -0.25) is 0 Å². The number of furan rings is 1. The summed E-state index contributed by atoms with van der Waals surface area (Å²) in [4.78, 5) is 4.22. The van der Waals surface area contributed by atoms with Crippen molar-refractivity contribution in [2.24, 2.45) is 0 Å². The van der Waals surface area contributed by atoms with Crippen LogP contribution in [0.2, 0.25) is 0 Å². The molecule has 0 spiro atoms. The predicted molar refractivity (Wildman–Crippen MR) is 58.7 cm³/mol. The van der Waals surface area contributed by atoms with Crippen LogP contribution in [0.25, 0.3) is 0 Å². The van der Waals surface area contributed by atoms with Gasteiger partial charge in [-0.2, -0.15) is 0 Å². The number of aromatic nitrogens is 2. The number of aryl methyl sites for hydroxylation is 2. The first-order valence-corrected chi connectivity index (χ1v) is 5.10. The molecule has 0 aliphatic heterocycles. The topological polar surface area (TPSA) is 43.0 Å². The van der Waals surface area contributed by atoms with Crippen molar-refractivity contribution >= 4 is 5.95 Å². The van der Waals surface area contributed by atoms with Crippen molar-refractivity contribution in [1.82, 2.24) is 9.55 Å². The normalized spacial score (nSPS) is 10.5. The zero-order valence-electron chi connectivity index (χ0n) is 9.03. The highest BCUT2D eigenvalue weighted by Gasteiger charge is 2.02. The van der Waals surface area contributed by atoms with Gasteiger partial charge in [0.25, 0.3) is 0 Å². The van der Waals surface area contributed by atoms with E-state index in [2.05, 4.69) is 21.8 Å². The van der Waals surface area contributed by atoms with Crippen LogP contribution in [0.5, 0.6) is 0 Å². The molecule has 0 aromatic carbocycles. The van der Waals surface area contributed by atoms with Crippen LogP contribution in [0.4, 0.5) is 5.95 Å². The molecule has 2 heterocycles. The summed E-state index contributed by atoms with van der Waals surface area (Å²) in [6.45, 7) is 5.62. The zero-order valence-corrected chi connectivity index (χ0v) is 9.03. The number of rotatable bonds is 4. The number of nitrogens with one attached hydrogen (secondary N) is 1. The summed E-state index contributed by atoms with van der Waals surface area (Å²) in [5, 5.41) is 3.23. The lowest BCUT2D eigenvalue weighted by Crippen LogP contribution is -2.05. The first kappa shape index (κ1) is 9.83. The van der Waals surface area contributed by atoms with Gasteiger partial charge < -0.3 is 14.3 Å². The Labute approximate surface area is 88.9 Å². The SMILES string of the molecule is CCn1ccnc1NCc1ccc(C)o1. The molecule has 0 aliphatic carbocycles. The van der Waals surface area contributed by atoms with Crippen LogP contribution in [-0.4, -0.2) is 9.55 Å². The highest BCUT2D eigenvalue weighted by molar-refractivity contribution is 5.26. The van der Waals surface area contributed by atoms with Gasteiger partial charge in [-0.25, -0.2) is 4.98 Å². The van der Waals surface area contributed by atoms with Gasteiger partial charge in [0.2, 0.25) is 5.95 Å². The number of anilines is 1. The van der Waals surface area contributed by atoms with Gasteiger partial charge in [-0.05, 0) is 26.0 Å². The summed E-state index contributed by atoms with van der Waals surface area (Å²) in [6.07, 6.45) is 3.74. The van der Waals surface area contributed by atoms with Gasteiger partial charge in [0.15, 0.2) is 0 Å². The van der Waals surface area contributed by atoms with Crippen molar-refractivity contribution in [1.29, 1.82) is 0 Å². The molecule has 0 aliphatic rings. The molecule has 4 nitrogen and oxygen atoms in total. The summed E-state index contributed by atoms with van der Waals surface area (Å²) < 4.78 is 7.51. The third-order valence-electron chi connectivity index (χ3n) is 2.27. The van der Waals surface area contributed by atoms with E-state index in [1.165, 1.54) is 0 Å².